The molecule has 2 atom stereocenters. The number of fused-ring (bicyclic) bond motifs is 1. The number of morpholine rings is 1. The van der Waals surface area contributed by atoms with Crippen LogP contribution in [0.15, 0.2) is 0 Å². The van der Waals surface area contributed by atoms with E-state index >= 15 is 0 Å². The van der Waals surface area contributed by atoms with Gasteiger partial charge in [0, 0.05) is 6.54 Å². The molecule has 0 aromatic carbocycles. The Bertz CT molecular complexity index is 195. The number of hydrogen-bond donors (Lipinski definition) is 2. The van der Waals surface area contributed by atoms with Gasteiger partial charge in [0.2, 0.25) is 0 Å². The van der Waals surface area contributed by atoms with Crippen molar-refractivity contribution < 1.29 is 4.74 Å². The molecule has 0 amide bonds. The highest BCUT2D eigenvalue weighted by Crippen LogP contribution is 2.28. The lowest BCUT2D eigenvalue weighted by atomic mass is 10.1. The lowest BCUT2D eigenvalue weighted by Crippen LogP contribution is -2.53. The highest BCUT2D eigenvalue weighted by atomic mass is 16.5. The lowest BCUT2D eigenvalue weighted by molar-refractivity contribution is -0.0300. The largest absolute Gasteiger partial charge is 0.374 e. The van der Waals surface area contributed by atoms with Gasteiger partial charge < -0.3 is 15.4 Å². The zero-order chi connectivity index (χ0) is 8.55. The van der Waals surface area contributed by atoms with E-state index < -0.39 is 0 Å². The molecular formula is C8H15N3O. The molecule has 0 aromatic heterocycles. The fourth-order valence-electron chi connectivity index (χ4n) is 2.22. The van der Waals surface area contributed by atoms with Crippen LogP contribution in [-0.2, 0) is 4.74 Å². The van der Waals surface area contributed by atoms with Crippen LogP contribution in [0.5, 0.6) is 0 Å². The van der Waals surface area contributed by atoms with E-state index in [4.69, 9.17) is 15.9 Å². The molecule has 0 radical (unpaired) electrons. The van der Waals surface area contributed by atoms with Crippen molar-refractivity contribution in [2.75, 3.05) is 13.2 Å². The number of rotatable bonds is 0. The summed E-state index contributed by atoms with van der Waals surface area (Å²) >= 11 is 0. The molecule has 3 N–H and O–H groups in total. The van der Waals surface area contributed by atoms with Crippen molar-refractivity contribution in [2.45, 2.75) is 31.4 Å². The molecular weight excluding hydrogens is 154 g/mol. The summed E-state index contributed by atoms with van der Waals surface area (Å²) in [6.45, 7) is 1.51. The predicted molar refractivity (Wildman–Crippen MR) is 46.0 cm³/mol. The zero-order valence-corrected chi connectivity index (χ0v) is 7.12. The van der Waals surface area contributed by atoms with E-state index in [0.717, 1.165) is 26.0 Å². The molecule has 0 spiro atoms. The summed E-state index contributed by atoms with van der Waals surface area (Å²) in [6, 6.07) is 0.385. The van der Waals surface area contributed by atoms with Gasteiger partial charge in [-0.1, -0.05) is 0 Å². The van der Waals surface area contributed by atoms with Gasteiger partial charge in [0.1, 0.15) is 0 Å². The Labute approximate surface area is 72.2 Å². The summed E-state index contributed by atoms with van der Waals surface area (Å²) < 4.78 is 5.59. The smallest absolute Gasteiger partial charge is 0.188 e. The van der Waals surface area contributed by atoms with Crippen LogP contribution in [-0.4, -0.2) is 36.2 Å². The first kappa shape index (κ1) is 7.86. The number of nitrogens with zero attached hydrogens (tertiary/aromatic N) is 1. The number of nitrogens with one attached hydrogen (secondary N) is 1. The van der Waals surface area contributed by atoms with Crippen LogP contribution in [0.3, 0.4) is 0 Å². The van der Waals surface area contributed by atoms with Crippen molar-refractivity contribution in [1.82, 2.24) is 4.90 Å². The minimum Gasteiger partial charge on any atom is -0.374 e. The van der Waals surface area contributed by atoms with Crippen LogP contribution >= 0.6 is 0 Å². The molecule has 12 heavy (non-hydrogen) atoms. The normalized spacial score (nSPS) is 34.8. The Hall–Kier alpha value is -0.770. The third kappa shape index (κ3) is 1.16. The van der Waals surface area contributed by atoms with Gasteiger partial charge in [-0.3, -0.25) is 5.41 Å². The van der Waals surface area contributed by atoms with Gasteiger partial charge >= 0.3 is 0 Å². The maximum absolute atomic E-state index is 7.39. The molecule has 0 unspecified atom stereocenters. The molecule has 2 rings (SSSR count). The van der Waals surface area contributed by atoms with Crippen molar-refractivity contribution >= 4 is 5.96 Å². The molecule has 1 aliphatic carbocycles. The first-order valence-electron chi connectivity index (χ1n) is 4.51. The topological polar surface area (TPSA) is 62.3 Å². The molecule has 1 aliphatic heterocycles. The van der Waals surface area contributed by atoms with E-state index in [1.54, 1.807) is 0 Å². The van der Waals surface area contributed by atoms with Crippen molar-refractivity contribution in [3.63, 3.8) is 0 Å². The Morgan fingerprint density at radius 3 is 3.08 bits per heavy atom. The van der Waals surface area contributed by atoms with Crippen molar-refractivity contribution in [1.29, 1.82) is 5.41 Å². The minimum absolute atomic E-state index is 0.204. The third-order valence-electron chi connectivity index (χ3n) is 2.79. The molecule has 68 valence electrons. The van der Waals surface area contributed by atoms with E-state index in [-0.39, 0.29) is 5.96 Å². The van der Waals surface area contributed by atoms with Gasteiger partial charge in [0.15, 0.2) is 5.96 Å². The van der Waals surface area contributed by atoms with Gasteiger partial charge in [0.25, 0.3) is 0 Å². The zero-order valence-electron chi connectivity index (χ0n) is 7.12. The minimum atomic E-state index is 0.204. The third-order valence-corrected chi connectivity index (χ3v) is 2.79. The molecule has 4 heteroatoms. The molecule has 2 aliphatic rings. The maximum atomic E-state index is 7.39. The van der Waals surface area contributed by atoms with Gasteiger partial charge in [0.05, 0.1) is 18.8 Å². The monoisotopic (exact) mass is 169 g/mol. The number of hydrogen-bond acceptors (Lipinski definition) is 2. The average molecular weight is 169 g/mol. The SMILES string of the molecule is N=C(N)N1CCO[C@@H]2CCC[C@H]21. The molecule has 1 saturated heterocycles. The lowest BCUT2D eigenvalue weighted by Gasteiger charge is -2.37. The van der Waals surface area contributed by atoms with Crippen LogP contribution in [0.4, 0.5) is 0 Å². The summed E-state index contributed by atoms with van der Waals surface area (Å²) in [5.41, 5.74) is 5.48. The second-order valence-corrected chi connectivity index (χ2v) is 3.49. The first-order chi connectivity index (χ1) is 5.79. The molecule has 0 bridgehead atoms. The highest BCUT2D eigenvalue weighted by Gasteiger charge is 2.36. The van der Waals surface area contributed by atoms with Gasteiger partial charge in [-0.05, 0) is 19.3 Å². The summed E-state index contributed by atoms with van der Waals surface area (Å²) in [5, 5.41) is 7.39. The molecule has 4 nitrogen and oxygen atoms in total. The van der Waals surface area contributed by atoms with E-state index in [9.17, 15) is 0 Å². The van der Waals surface area contributed by atoms with E-state index in [2.05, 4.69) is 0 Å². The predicted octanol–water partition coefficient (Wildman–Crippen LogP) is 0.133. The van der Waals surface area contributed by atoms with Gasteiger partial charge in [-0.15, -0.1) is 0 Å². The Morgan fingerprint density at radius 1 is 1.50 bits per heavy atom. The molecule has 1 saturated carbocycles. The van der Waals surface area contributed by atoms with Crippen molar-refractivity contribution in [3.8, 4) is 0 Å². The van der Waals surface area contributed by atoms with Crippen LogP contribution < -0.4 is 5.73 Å². The fourth-order valence-corrected chi connectivity index (χ4v) is 2.22. The summed E-state index contributed by atoms with van der Waals surface area (Å²) in [7, 11) is 0. The maximum Gasteiger partial charge on any atom is 0.188 e. The summed E-state index contributed by atoms with van der Waals surface area (Å²) in [5.74, 6) is 0.204. The molecule has 2 fully saturated rings. The second-order valence-electron chi connectivity index (χ2n) is 3.49. The number of nitrogens with two attached hydrogens (primary N) is 1. The summed E-state index contributed by atoms with van der Waals surface area (Å²) in [4.78, 5) is 1.97. The van der Waals surface area contributed by atoms with Crippen LogP contribution in [0.25, 0.3) is 0 Å². The Kier molecular flexibility index (Phi) is 1.92. The van der Waals surface area contributed by atoms with Gasteiger partial charge in [-0.25, -0.2) is 0 Å². The van der Waals surface area contributed by atoms with Crippen molar-refractivity contribution in [3.05, 3.63) is 0 Å². The summed E-state index contributed by atoms with van der Waals surface area (Å²) in [6.07, 6.45) is 3.81. The first-order valence-corrected chi connectivity index (χ1v) is 4.51. The van der Waals surface area contributed by atoms with Crippen LogP contribution in [0.1, 0.15) is 19.3 Å². The fraction of sp³-hybridized carbons (Fsp3) is 0.875. The van der Waals surface area contributed by atoms with Crippen molar-refractivity contribution in [2.24, 2.45) is 5.73 Å². The Morgan fingerprint density at radius 2 is 2.33 bits per heavy atom. The van der Waals surface area contributed by atoms with Gasteiger partial charge in [-0.2, -0.15) is 0 Å². The molecule has 1 heterocycles. The molecule has 0 aromatic rings. The second kappa shape index (κ2) is 2.94. The highest BCUT2D eigenvalue weighted by molar-refractivity contribution is 5.75. The Balaban J connectivity index is 2.08. The van der Waals surface area contributed by atoms with E-state index in [1.165, 1.54) is 6.42 Å². The van der Waals surface area contributed by atoms with E-state index in [1.807, 2.05) is 4.90 Å². The number of ether oxygens (including phenoxy) is 1. The standard InChI is InChI=1S/C8H15N3O/c9-8(10)11-4-5-12-7-3-1-2-6(7)11/h6-7H,1-5H2,(H3,9,10)/t6-,7-/m1/s1. The van der Waals surface area contributed by atoms with Crippen LogP contribution in [0.2, 0.25) is 0 Å². The van der Waals surface area contributed by atoms with E-state index in [0.29, 0.717) is 12.1 Å². The average Bonchev–Trinajstić information content (AvgIpc) is 2.49. The van der Waals surface area contributed by atoms with Crippen LogP contribution in [0, 0.1) is 5.41 Å². The quantitative estimate of drug-likeness (QED) is 0.400. The number of guanidine groups is 1.